The van der Waals surface area contributed by atoms with Crippen molar-refractivity contribution >= 4 is 11.6 Å². The second kappa shape index (κ2) is 6.46. The molecule has 17 heavy (non-hydrogen) atoms. The number of hydrogen-bond donors (Lipinski definition) is 0. The topological polar surface area (TPSA) is 0 Å². The number of halogens is 1. The van der Waals surface area contributed by atoms with E-state index in [9.17, 15) is 0 Å². The van der Waals surface area contributed by atoms with Crippen LogP contribution >= 0.6 is 11.6 Å². The predicted molar refractivity (Wildman–Crippen MR) is 76.8 cm³/mol. The van der Waals surface area contributed by atoms with Crippen molar-refractivity contribution in [2.45, 2.75) is 27.7 Å². The third-order valence-electron chi connectivity index (χ3n) is 2.69. The Morgan fingerprint density at radius 3 is 1.47 bits per heavy atom. The summed E-state index contributed by atoms with van der Waals surface area (Å²) in [6, 6.07) is 14.4. The van der Waals surface area contributed by atoms with Crippen molar-refractivity contribution in [3.8, 4) is 0 Å². The first kappa shape index (κ1) is 13.8. The predicted octanol–water partition coefficient (Wildman–Crippen LogP) is 5.26. The highest BCUT2D eigenvalue weighted by Gasteiger charge is 1.90. The SMILES string of the molecule is Cc1ccc(C)cc1.Cc1ccc(Cl)cc1C. The lowest BCUT2D eigenvalue weighted by atomic mass is 10.1. The molecule has 0 amide bonds. The molecule has 0 radical (unpaired) electrons. The molecule has 2 aromatic rings. The van der Waals surface area contributed by atoms with Crippen molar-refractivity contribution in [1.29, 1.82) is 0 Å². The van der Waals surface area contributed by atoms with Gasteiger partial charge in [-0.05, 0) is 51.0 Å². The second-order valence-corrected chi connectivity index (χ2v) is 4.82. The molecule has 0 unspecified atom stereocenters. The maximum Gasteiger partial charge on any atom is 0.0408 e. The molecule has 0 aliphatic heterocycles. The summed E-state index contributed by atoms with van der Waals surface area (Å²) in [4.78, 5) is 0. The summed E-state index contributed by atoms with van der Waals surface area (Å²) in [5.41, 5.74) is 5.20. The fraction of sp³-hybridized carbons (Fsp3) is 0.250. The molecule has 0 heterocycles. The van der Waals surface area contributed by atoms with Crippen LogP contribution in [0.1, 0.15) is 22.3 Å². The Hall–Kier alpha value is -1.27. The van der Waals surface area contributed by atoms with E-state index in [1.54, 1.807) is 0 Å². The standard InChI is InChI=1S/C8H9Cl.C8H10/c1-6-3-4-8(9)5-7(6)2;1-7-3-5-8(2)6-4-7/h3-5H,1-2H3;3-6H,1-2H3. The summed E-state index contributed by atoms with van der Waals surface area (Å²) in [6.45, 7) is 8.33. The minimum Gasteiger partial charge on any atom is -0.0843 e. The van der Waals surface area contributed by atoms with Gasteiger partial charge in [0.15, 0.2) is 0 Å². The van der Waals surface area contributed by atoms with Gasteiger partial charge in [0.25, 0.3) is 0 Å². The highest BCUT2D eigenvalue weighted by atomic mass is 35.5. The van der Waals surface area contributed by atoms with Crippen LogP contribution in [0.5, 0.6) is 0 Å². The Bertz CT molecular complexity index is 448. The minimum atomic E-state index is 0.818. The Kier molecular flexibility index (Phi) is 5.24. The highest BCUT2D eigenvalue weighted by Crippen LogP contribution is 2.13. The molecule has 0 N–H and O–H groups in total. The maximum absolute atomic E-state index is 5.72. The van der Waals surface area contributed by atoms with Crippen LogP contribution in [0.15, 0.2) is 42.5 Å². The lowest BCUT2D eigenvalue weighted by molar-refractivity contribution is 1.34. The van der Waals surface area contributed by atoms with E-state index < -0.39 is 0 Å². The smallest absolute Gasteiger partial charge is 0.0408 e. The monoisotopic (exact) mass is 246 g/mol. The van der Waals surface area contributed by atoms with Gasteiger partial charge in [-0.3, -0.25) is 0 Å². The number of rotatable bonds is 0. The van der Waals surface area contributed by atoms with Gasteiger partial charge in [-0.1, -0.05) is 53.1 Å². The third kappa shape index (κ3) is 5.06. The van der Waals surface area contributed by atoms with Crippen LogP contribution in [0.25, 0.3) is 0 Å². The van der Waals surface area contributed by atoms with Gasteiger partial charge in [0, 0.05) is 5.02 Å². The molecular weight excluding hydrogens is 228 g/mol. The summed E-state index contributed by atoms with van der Waals surface area (Å²) in [5.74, 6) is 0. The third-order valence-corrected chi connectivity index (χ3v) is 2.92. The Balaban J connectivity index is 0.000000171. The summed E-state index contributed by atoms with van der Waals surface area (Å²) in [5, 5.41) is 0.818. The van der Waals surface area contributed by atoms with Crippen molar-refractivity contribution in [1.82, 2.24) is 0 Å². The zero-order valence-corrected chi connectivity index (χ0v) is 11.7. The van der Waals surface area contributed by atoms with Crippen molar-refractivity contribution in [2.75, 3.05) is 0 Å². The lowest BCUT2D eigenvalue weighted by Gasteiger charge is -1.97. The van der Waals surface area contributed by atoms with E-state index >= 15 is 0 Å². The number of aryl methyl sites for hydroxylation is 4. The summed E-state index contributed by atoms with van der Waals surface area (Å²) < 4.78 is 0. The lowest BCUT2D eigenvalue weighted by Crippen LogP contribution is -1.77. The van der Waals surface area contributed by atoms with Crippen LogP contribution in [0.4, 0.5) is 0 Å². The zero-order valence-electron chi connectivity index (χ0n) is 10.9. The average Bonchev–Trinajstić information content (AvgIpc) is 2.29. The largest absolute Gasteiger partial charge is 0.0843 e. The molecule has 0 atom stereocenters. The summed E-state index contributed by atoms with van der Waals surface area (Å²) >= 11 is 5.72. The Morgan fingerprint density at radius 2 is 1.12 bits per heavy atom. The molecule has 0 aliphatic carbocycles. The molecule has 0 bridgehead atoms. The van der Waals surface area contributed by atoms with Crippen LogP contribution in [-0.2, 0) is 0 Å². The zero-order chi connectivity index (χ0) is 12.8. The van der Waals surface area contributed by atoms with Gasteiger partial charge in [-0.15, -0.1) is 0 Å². The van der Waals surface area contributed by atoms with Crippen molar-refractivity contribution < 1.29 is 0 Å². The highest BCUT2D eigenvalue weighted by molar-refractivity contribution is 6.30. The number of hydrogen-bond acceptors (Lipinski definition) is 0. The normalized spacial score (nSPS) is 9.47. The molecule has 1 heteroatoms. The van der Waals surface area contributed by atoms with E-state index in [2.05, 4.69) is 52.0 Å². The van der Waals surface area contributed by atoms with Gasteiger partial charge in [-0.2, -0.15) is 0 Å². The van der Waals surface area contributed by atoms with E-state index in [4.69, 9.17) is 11.6 Å². The molecule has 2 rings (SSSR count). The number of benzene rings is 2. The van der Waals surface area contributed by atoms with Crippen molar-refractivity contribution in [2.24, 2.45) is 0 Å². The van der Waals surface area contributed by atoms with Gasteiger partial charge < -0.3 is 0 Å². The fourth-order valence-corrected chi connectivity index (χ4v) is 1.57. The molecule has 2 aromatic carbocycles. The molecule has 0 fully saturated rings. The molecule has 0 aromatic heterocycles. The van der Waals surface area contributed by atoms with E-state index in [-0.39, 0.29) is 0 Å². The molecular formula is C16H19Cl. The Morgan fingerprint density at radius 1 is 0.647 bits per heavy atom. The molecule has 90 valence electrons. The molecule has 0 aliphatic rings. The molecule has 0 saturated heterocycles. The second-order valence-electron chi connectivity index (χ2n) is 4.38. The molecule has 0 saturated carbocycles. The quantitative estimate of drug-likeness (QED) is 0.595. The Labute approximate surface area is 109 Å². The summed E-state index contributed by atoms with van der Waals surface area (Å²) in [6.07, 6.45) is 0. The van der Waals surface area contributed by atoms with Crippen molar-refractivity contribution in [3.05, 3.63) is 69.7 Å². The van der Waals surface area contributed by atoms with E-state index in [0.717, 1.165) is 5.02 Å². The van der Waals surface area contributed by atoms with Gasteiger partial charge in [-0.25, -0.2) is 0 Å². The van der Waals surface area contributed by atoms with Crippen LogP contribution in [0.2, 0.25) is 5.02 Å². The van der Waals surface area contributed by atoms with Crippen molar-refractivity contribution in [3.63, 3.8) is 0 Å². The van der Waals surface area contributed by atoms with Crippen LogP contribution < -0.4 is 0 Å². The van der Waals surface area contributed by atoms with Crippen LogP contribution in [0, 0.1) is 27.7 Å². The molecule has 0 spiro atoms. The van der Waals surface area contributed by atoms with Gasteiger partial charge >= 0.3 is 0 Å². The molecule has 0 nitrogen and oxygen atoms in total. The van der Waals surface area contributed by atoms with Crippen LogP contribution in [-0.4, -0.2) is 0 Å². The first-order valence-electron chi connectivity index (χ1n) is 5.75. The average molecular weight is 247 g/mol. The van der Waals surface area contributed by atoms with E-state index in [1.807, 2.05) is 18.2 Å². The van der Waals surface area contributed by atoms with Gasteiger partial charge in [0.2, 0.25) is 0 Å². The maximum atomic E-state index is 5.72. The fourth-order valence-electron chi connectivity index (χ4n) is 1.34. The summed E-state index contributed by atoms with van der Waals surface area (Å²) in [7, 11) is 0. The first-order valence-corrected chi connectivity index (χ1v) is 6.13. The van der Waals surface area contributed by atoms with Gasteiger partial charge in [0.05, 0.1) is 0 Å². The van der Waals surface area contributed by atoms with Gasteiger partial charge in [0.1, 0.15) is 0 Å². The van der Waals surface area contributed by atoms with E-state index in [0.29, 0.717) is 0 Å². The minimum absolute atomic E-state index is 0.818. The first-order chi connectivity index (χ1) is 7.99. The van der Waals surface area contributed by atoms with Crippen LogP contribution in [0.3, 0.4) is 0 Å². The van der Waals surface area contributed by atoms with E-state index in [1.165, 1.54) is 22.3 Å².